The van der Waals surface area contributed by atoms with Crippen LogP contribution in [0.3, 0.4) is 0 Å². The second kappa shape index (κ2) is 8.86. The second-order valence-electron chi connectivity index (χ2n) is 4.13. The van der Waals surface area contributed by atoms with Gasteiger partial charge in [-0.3, -0.25) is 9.59 Å². The highest BCUT2D eigenvalue weighted by molar-refractivity contribution is 9.11. The van der Waals surface area contributed by atoms with Gasteiger partial charge < -0.3 is 5.32 Å². The molecule has 0 unspecified atom stereocenters. The molecule has 0 bridgehead atoms. The molecule has 0 aliphatic heterocycles. The van der Waals surface area contributed by atoms with Crippen LogP contribution in [-0.2, 0) is 9.59 Å². The summed E-state index contributed by atoms with van der Waals surface area (Å²) < 4.78 is 0.915. The molecule has 1 amide bonds. The van der Waals surface area contributed by atoms with Crippen molar-refractivity contribution < 1.29 is 9.59 Å². The zero-order chi connectivity index (χ0) is 14.1. The van der Waals surface area contributed by atoms with E-state index >= 15 is 0 Å². The summed E-state index contributed by atoms with van der Waals surface area (Å²) in [5, 5.41) is 2.73. The van der Waals surface area contributed by atoms with Gasteiger partial charge in [0.2, 0.25) is 0 Å². The number of halogens is 1. The van der Waals surface area contributed by atoms with E-state index in [9.17, 15) is 9.59 Å². The van der Waals surface area contributed by atoms with Crippen LogP contribution in [0.15, 0.2) is 33.9 Å². The maximum Gasteiger partial charge on any atom is 0.251 e. The number of amides is 1. The molecule has 0 aromatic heterocycles. The average molecular weight is 314 g/mol. The first kappa shape index (κ1) is 16.8. The molecule has 1 N–H and O–H groups in total. The topological polar surface area (TPSA) is 46.2 Å². The molecular formula is C14H20BrNO2. The van der Waals surface area contributed by atoms with Gasteiger partial charge in [-0.05, 0) is 39.8 Å². The van der Waals surface area contributed by atoms with Gasteiger partial charge in [-0.2, -0.15) is 0 Å². The second-order valence-corrected chi connectivity index (χ2v) is 5.04. The van der Waals surface area contributed by atoms with Crippen LogP contribution in [0.25, 0.3) is 0 Å². The summed E-state index contributed by atoms with van der Waals surface area (Å²) in [5.41, 5.74) is 1.56. The number of nitrogens with one attached hydrogen (secondary N) is 1. The molecule has 0 atom stereocenters. The van der Waals surface area contributed by atoms with Gasteiger partial charge in [0.1, 0.15) is 5.78 Å². The van der Waals surface area contributed by atoms with Crippen molar-refractivity contribution >= 4 is 27.6 Å². The van der Waals surface area contributed by atoms with E-state index < -0.39 is 0 Å². The zero-order valence-electron chi connectivity index (χ0n) is 11.3. The maximum absolute atomic E-state index is 11.9. The molecule has 0 aromatic rings. The van der Waals surface area contributed by atoms with Crippen LogP contribution in [0.1, 0.15) is 34.1 Å². The fourth-order valence-corrected chi connectivity index (χ4v) is 1.31. The Kier molecular flexibility index (Phi) is 8.29. The zero-order valence-corrected chi connectivity index (χ0v) is 12.9. The fraction of sp³-hybridized carbons (Fsp3) is 0.429. The lowest BCUT2D eigenvalue weighted by Crippen LogP contribution is -2.27. The standard InChI is InChI=1S/C14H20BrNO2/c1-5-12(15)6-7-13(10(2)3)14(18)16-9-8-11(4)17/h5-7H,8-9H2,1-4H3,(H,16,18)/b7-6-,12-5+. The Morgan fingerprint density at radius 1 is 1.17 bits per heavy atom. The number of ketones is 1. The number of hydrogen-bond acceptors (Lipinski definition) is 2. The van der Waals surface area contributed by atoms with Gasteiger partial charge in [-0.25, -0.2) is 0 Å². The molecule has 0 saturated carbocycles. The molecule has 0 heterocycles. The quantitative estimate of drug-likeness (QED) is 0.604. The van der Waals surface area contributed by atoms with E-state index in [2.05, 4.69) is 21.2 Å². The first-order valence-corrected chi connectivity index (χ1v) is 6.62. The Morgan fingerprint density at radius 3 is 2.22 bits per heavy atom. The van der Waals surface area contributed by atoms with E-state index in [4.69, 9.17) is 0 Å². The van der Waals surface area contributed by atoms with Gasteiger partial charge in [-0.15, -0.1) is 0 Å². The third-order valence-corrected chi connectivity index (χ3v) is 2.95. The molecule has 4 heteroatoms. The van der Waals surface area contributed by atoms with Crippen molar-refractivity contribution in [2.45, 2.75) is 34.1 Å². The molecule has 3 nitrogen and oxygen atoms in total. The first-order valence-electron chi connectivity index (χ1n) is 5.83. The lowest BCUT2D eigenvalue weighted by atomic mass is 10.1. The summed E-state index contributed by atoms with van der Waals surface area (Å²) in [6.45, 7) is 7.56. The number of rotatable bonds is 6. The highest BCUT2D eigenvalue weighted by Crippen LogP contribution is 2.11. The minimum Gasteiger partial charge on any atom is -0.352 e. The van der Waals surface area contributed by atoms with Crippen molar-refractivity contribution in [3.05, 3.63) is 33.9 Å². The highest BCUT2D eigenvalue weighted by Gasteiger charge is 2.07. The molecule has 0 radical (unpaired) electrons. The van der Waals surface area contributed by atoms with Gasteiger partial charge in [0.05, 0.1) is 0 Å². The molecule has 100 valence electrons. The molecule has 0 aliphatic rings. The molecule has 0 spiro atoms. The van der Waals surface area contributed by atoms with E-state index in [0.29, 0.717) is 18.5 Å². The molecular weight excluding hydrogens is 294 g/mol. The predicted molar refractivity (Wildman–Crippen MR) is 78.5 cm³/mol. The van der Waals surface area contributed by atoms with Gasteiger partial charge in [-0.1, -0.05) is 27.6 Å². The van der Waals surface area contributed by atoms with Gasteiger partial charge in [0.25, 0.3) is 5.91 Å². The van der Waals surface area contributed by atoms with Gasteiger partial charge in [0, 0.05) is 23.0 Å². The van der Waals surface area contributed by atoms with Crippen LogP contribution in [0.2, 0.25) is 0 Å². The monoisotopic (exact) mass is 313 g/mol. The number of Topliss-reactive ketones (excluding diaryl/α,β-unsaturated/α-hetero) is 1. The fourth-order valence-electron chi connectivity index (χ4n) is 1.18. The van der Waals surface area contributed by atoms with Crippen molar-refractivity contribution in [2.75, 3.05) is 6.54 Å². The highest BCUT2D eigenvalue weighted by atomic mass is 79.9. The summed E-state index contributed by atoms with van der Waals surface area (Å²) in [7, 11) is 0. The largest absolute Gasteiger partial charge is 0.352 e. The number of allylic oxidation sites excluding steroid dienone is 4. The van der Waals surface area contributed by atoms with Crippen LogP contribution in [0, 0.1) is 0 Å². The predicted octanol–water partition coefficient (Wildman–Crippen LogP) is 3.27. The van der Waals surface area contributed by atoms with E-state index in [-0.39, 0.29) is 11.7 Å². The number of carbonyl (C=O) groups excluding carboxylic acids is 2. The van der Waals surface area contributed by atoms with Crippen LogP contribution >= 0.6 is 15.9 Å². The average Bonchev–Trinajstić information content (AvgIpc) is 2.27. The molecule has 18 heavy (non-hydrogen) atoms. The lowest BCUT2D eigenvalue weighted by molar-refractivity contribution is -0.118. The Morgan fingerprint density at radius 2 is 1.78 bits per heavy atom. The number of hydrogen-bond donors (Lipinski definition) is 1. The Bertz CT molecular complexity index is 402. The van der Waals surface area contributed by atoms with Crippen molar-refractivity contribution in [1.82, 2.24) is 5.32 Å². The van der Waals surface area contributed by atoms with Crippen molar-refractivity contribution in [2.24, 2.45) is 0 Å². The minimum atomic E-state index is -0.149. The Balaban J connectivity index is 4.64. The van der Waals surface area contributed by atoms with Crippen molar-refractivity contribution in [3.63, 3.8) is 0 Å². The van der Waals surface area contributed by atoms with Crippen molar-refractivity contribution in [1.29, 1.82) is 0 Å². The normalized spacial score (nSPS) is 11.5. The number of carbonyl (C=O) groups is 2. The molecule has 0 fully saturated rings. The third kappa shape index (κ3) is 7.22. The van der Waals surface area contributed by atoms with Gasteiger partial charge >= 0.3 is 0 Å². The van der Waals surface area contributed by atoms with E-state index in [1.54, 1.807) is 6.08 Å². The smallest absolute Gasteiger partial charge is 0.251 e. The molecule has 0 aromatic carbocycles. The SMILES string of the molecule is C/C=C(Br)\C=C/C(C(=O)NCCC(C)=O)=C(C)C. The third-order valence-electron chi connectivity index (χ3n) is 2.23. The summed E-state index contributed by atoms with van der Waals surface area (Å²) in [5.74, 6) is -0.0786. The molecule has 0 aliphatic carbocycles. The Labute approximate surface area is 117 Å². The minimum absolute atomic E-state index is 0.0706. The molecule has 0 rings (SSSR count). The van der Waals surface area contributed by atoms with Gasteiger partial charge in [0.15, 0.2) is 0 Å². The molecule has 0 saturated heterocycles. The summed E-state index contributed by atoms with van der Waals surface area (Å²) in [6, 6.07) is 0. The van der Waals surface area contributed by atoms with Crippen molar-refractivity contribution in [3.8, 4) is 0 Å². The van der Waals surface area contributed by atoms with E-state index in [1.165, 1.54) is 6.92 Å². The van der Waals surface area contributed by atoms with Crippen LogP contribution in [-0.4, -0.2) is 18.2 Å². The van der Waals surface area contributed by atoms with Crippen LogP contribution < -0.4 is 5.32 Å². The summed E-state index contributed by atoms with van der Waals surface area (Å²) >= 11 is 3.35. The maximum atomic E-state index is 11.9. The first-order chi connectivity index (χ1) is 8.38. The van der Waals surface area contributed by atoms with Crippen LogP contribution in [0.4, 0.5) is 0 Å². The lowest BCUT2D eigenvalue weighted by Gasteiger charge is -2.06. The Hall–Kier alpha value is -1.16. The summed E-state index contributed by atoms with van der Waals surface area (Å²) in [6.07, 6.45) is 5.85. The van der Waals surface area contributed by atoms with E-state index in [0.717, 1.165) is 10.1 Å². The summed E-state index contributed by atoms with van der Waals surface area (Å²) in [4.78, 5) is 22.7. The van der Waals surface area contributed by atoms with Crippen LogP contribution in [0.5, 0.6) is 0 Å². The van der Waals surface area contributed by atoms with E-state index in [1.807, 2.05) is 32.9 Å².